The molecule has 2 aromatic carbocycles. The van der Waals surface area contributed by atoms with Crippen molar-refractivity contribution in [3.05, 3.63) is 65.5 Å². The highest BCUT2D eigenvalue weighted by atomic mass is 19.1. The van der Waals surface area contributed by atoms with Gasteiger partial charge in [0.1, 0.15) is 5.82 Å². The fourth-order valence-corrected chi connectivity index (χ4v) is 1.80. The fourth-order valence-electron chi connectivity index (χ4n) is 1.80. The zero-order valence-electron chi connectivity index (χ0n) is 10.3. The van der Waals surface area contributed by atoms with Crippen LogP contribution in [0, 0.1) is 5.82 Å². The van der Waals surface area contributed by atoms with Gasteiger partial charge in [0, 0.05) is 5.56 Å². The van der Waals surface area contributed by atoms with Crippen LogP contribution in [0.2, 0.25) is 0 Å². The maximum absolute atomic E-state index is 13.4. The van der Waals surface area contributed by atoms with Crippen molar-refractivity contribution >= 4 is 12.6 Å². The predicted octanol–water partition coefficient (Wildman–Crippen LogP) is 1.22. The number of ether oxygens (including phenoxy) is 1. The normalized spacial score (nSPS) is 10.5. The van der Waals surface area contributed by atoms with Crippen LogP contribution in [0.15, 0.2) is 48.5 Å². The average molecular weight is 260 g/mol. The molecule has 5 heteroatoms. The van der Waals surface area contributed by atoms with Crippen molar-refractivity contribution in [3.63, 3.8) is 0 Å². The van der Waals surface area contributed by atoms with E-state index in [0.29, 0.717) is 16.6 Å². The van der Waals surface area contributed by atoms with Crippen LogP contribution >= 0.6 is 0 Å². The van der Waals surface area contributed by atoms with Gasteiger partial charge in [-0.2, -0.15) is 0 Å². The summed E-state index contributed by atoms with van der Waals surface area (Å²) in [6.45, 7) is 0.338. The van der Waals surface area contributed by atoms with Crippen molar-refractivity contribution in [1.29, 1.82) is 0 Å². The first-order valence-corrected chi connectivity index (χ1v) is 5.93. The molecule has 0 radical (unpaired) electrons. The van der Waals surface area contributed by atoms with Gasteiger partial charge in [0.15, 0.2) is 0 Å². The van der Waals surface area contributed by atoms with E-state index in [1.54, 1.807) is 42.5 Å². The first-order chi connectivity index (χ1) is 9.18. The van der Waals surface area contributed by atoms with E-state index >= 15 is 0 Å². The Bertz CT molecular complexity index is 546. The second kappa shape index (κ2) is 6.47. The van der Waals surface area contributed by atoms with Gasteiger partial charge in [-0.15, -0.1) is 0 Å². The zero-order valence-corrected chi connectivity index (χ0v) is 10.3. The second-order valence-electron chi connectivity index (χ2n) is 4.16. The monoisotopic (exact) mass is 260 g/mol. The maximum atomic E-state index is 13.4. The fraction of sp³-hybridized carbons (Fsp3) is 0.143. The molecule has 2 N–H and O–H groups in total. The van der Waals surface area contributed by atoms with Crippen molar-refractivity contribution in [2.45, 2.75) is 13.2 Å². The first-order valence-electron chi connectivity index (χ1n) is 5.93. The van der Waals surface area contributed by atoms with Crippen LogP contribution in [-0.2, 0) is 18.0 Å². The molecule has 0 unspecified atom stereocenters. The van der Waals surface area contributed by atoms with Gasteiger partial charge in [-0.25, -0.2) is 4.39 Å². The molecule has 0 bridgehead atoms. The van der Waals surface area contributed by atoms with E-state index in [4.69, 9.17) is 4.74 Å². The van der Waals surface area contributed by atoms with E-state index < -0.39 is 7.12 Å². The number of hydrogen-bond acceptors (Lipinski definition) is 3. The van der Waals surface area contributed by atoms with E-state index in [1.165, 1.54) is 6.07 Å². The molecule has 0 spiro atoms. The Kier molecular flexibility index (Phi) is 4.68. The van der Waals surface area contributed by atoms with E-state index in [1.807, 2.05) is 0 Å². The summed E-state index contributed by atoms with van der Waals surface area (Å²) in [4.78, 5) is 0. The smallest absolute Gasteiger partial charge is 0.423 e. The number of rotatable bonds is 5. The molecular formula is C14H14BFO3. The van der Waals surface area contributed by atoms with Crippen molar-refractivity contribution in [2.24, 2.45) is 0 Å². The van der Waals surface area contributed by atoms with Gasteiger partial charge in [0.25, 0.3) is 0 Å². The van der Waals surface area contributed by atoms with Gasteiger partial charge in [-0.05, 0) is 17.1 Å². The second-order valence-corrected chi connectivity index (χ2v) is 4.16. The van der Waals surface area contributed by atoms with E-state index in [9.17, 15) is 14.4 Å². The molecule has 2 aromatic rings. The Morgan fingerprint density at radius 2 is 1.47 bits per heavy atom. The minimum absolute atomic E-state index is 0.141. The highest BCUT2D eigenvalue weighted by molar-refractivity contribution is 6.59. The summed E-state index contributed by atoms with van der Waals surface area (Å²) in [5, 5.41) is 18.4. The lowest BCUT2D eigenvalue weighted by Crippen LogP contribution is -2.33. The summed E-state index contributed by atoms with van der Waals surface area (Å²) in [7, 11) is -1.53. The summed E-state index contributed by atoms with van der Waals surface area (Å²) in [5.74, 6) is -0.307. The lowest BCUT2D eigenvalue weighted by molar-refractivity contribution is 0.105. The van der Waals surface area contributed by atoms with Crippen LogP contribution in [0.5, 0.6) is 0 Å². The van der Waals surface area contributed by atoms with Crippen molar-refractivity contribution in [1.82, 2.24) is 0 Å². The molecule has 0 aliphatic rings. The van der Waals surface area contributed by atoms with Gasteiger partial charge < -0.3 is 14.8 Å². The van der Waals surface area contributed by atoms with E-state index in [-0.39, 0.29) is 19.0 Å². The average Bonchev–Trinajstić information content (AvgIpc) is 2.41. The van der Waals surface area contributed by atoms with Gasteiger partial charge in [-0.1, -0.05) is 42.5 Å². The van der Waals surface area contributed by atoms with Crippen LogP contribution in [0.3, 0.4) is 0 Å². The highest BCUT2D eigenvalue weighted by Crippen LogP contribution is 2.09. The lowest BCUT2D eigenvalue weighted by atomic mass is 9.77. The third kappa shape index (κ3) is 3.64. The molecule has 0 aliphatic heterocycles. The molecule has 0 aliphatic carbocycles. The van der Waals surface area contributed by atoms with Crippen LogP contribution in [0.25, 0.3) is 0 Å². The van der Waals surface area contributed by atoms with Crippen LogP contribution in [0.4, 0.5) is 4.39 Å². The van der Waals surface area contributed by atoms with Crippen molar-refractivity contribution in [2.75, 3.05) is 0 Å². The standard InChI is InChI=1S/C14H14BFO3/c16-14-8-4-2-6-12(14)10-19-9-11-5-1-3-7-13(11)15(17)18/h1-8,17-18H,9-10H2. The predicted molar refractivity (Wildman–Crippen MR) is 71.2 cm³/mol. The number of hydrogen-bond donors (Lipinski definition) is 2. The third-order valence-electron chi connectivity index (χ3n) is 2.81. The van der Waals surface area contributed by atoms with E-state index in [2.05, 4.69) is 0 Å². The first kappa shape index (κ1) is 13.7. The van der Waals surface area contributed by atoms with Crippen LogP contribution in [0.1, 0.15) is 11.1 Å². The molecule has 2 rings (SSSR count). The summed E-state index contributed by atoms with van der Waals surface area (Å²) in [6.07, 6.45) is 0. The molecule has 0 saturated carbocycles. The van der Waals surface area contributed by atoms with Crippen molar-refractivity contribution < 1.29 is 19.2 Å². The van der Waals surface area contributed by atoms with E-state index in [0.717, 1.165) is 0 Å². The van der Waals surface area contributed by atoms with Gasteiger partial charge >= 0.3 is 7.12 Å². The Labute approximate surface area is 111 Å². The molecular weight excluding hydrogens is 246 g/mol. The molecule has 98 valence electrons. The largest absolute Gasteiger partial charge is 0.488 e. The summed E-state index contributed by atoms with van der Waals surface area (Å²) < 4.78 is 18.8. The molecule has 3 nitrogen and oxygen atoms in total. The summed E-state index contributed by atoms with van der Waals surface area (Å²) in [6, 6.07) is 13.3. The molecule has 0 fully saturated rings. The molecule has 19 heavy (non-hydrogen) atoms. The molecule has 0 aromatic heterocycles. The minimum atomic E-state index is -1.53. The highest BCUT2D eigenvalue weighted by Gasteiger charge is 2.15. The molecule has 0 atom stereocenters. The Morgan fingerprint density at radius 3 is 2.16 bits per heavy atom. The summed E-state index contributed by atoms with van der Waals surface area (Å²) in [5.41, 5.74) is 1.55. The summed E-state index contributed by atoms with van der Waals surface area (Å²) >= 11 is 0. The number of benzene rings is 2. The maximum Gasteiger partial charge on any atom is 0.488 e. The topological polar surface area (TPSA) is 49.7 Å². The SMILES string of the molecule is OB(O)c1ccccc1COCc1ccccc1F. The van der Waals surface area contributed by atoms with Gasteiger partial charge in [0.05, 0.1) is 13.2 Å². The quantitative estimate of drug-likeness (QED) is 0.795. The van der Waals surface area contributed by atoms with Gasteiger partial charge in [-0.3, -0.25) is 0 Å². The zero-order chi connectivity index (χ0) is 13.7. The Morgan fingerprint density at radius 1 is 0.895 bits per heavy atom. The third-order valence-corrected chi connectivity index (χ3v) is 2.81. The Balaban J connectivity index is 1.98. The Hall–Kier alpha value is -1.69. The van der Waals surface area contributed by atoms with Crippen molar-refractivity contribution in [3.8, 4) is 0 Å². The van der Waals surface area contributed by atoms with Crippen LogP contribution in [-0.4, -0.2) is 17.2 Å². The van der Waals surface area contributed by atoms with Gasteiger partial charge in [0.2, 0.25) is 0 Å². The molecule has 0 saturated heterocycles. The molecule has 0 amide bonds. The minimum Gasteiger partial charge on any atom is -0.423 e. The lowest BCUT2D eigenvalue weighted by Gasteiger charge is -2.09. The molecule has 0 heterocycles. The van der Waals surface area contributed by atoms with Crippen LogP contribution < -0.4 is 5.46 Å². The number of halogens is 1.